The summed E-state index contributed by atoms with van der Waals surface area (Å²) in [5.41, 5.74) is 15.0. The van der Waals surface area contributed by atoms with Crippen molar-refractivity contribution < 1.29 is 133 Å². The molecular weight excluding hydrogens is 1020 g/mol. The van der Waals surface area contributed by atoms with Crippen molar-refractivity contribution in [2.75, 3.05) is 0 Å². The average molecular weight is 1070 g/mol. The summed E-state index contributed by atoms with van der Waals surface area (Å²) in [5.74, 6) is -19.8. The summed E-state index contributed by atoms with van der Waals surface area (Å²) in [4.78, 5) is 139. The minimum absolute atomic E-state index is 0.0806. The molecule has 4 aromatic carbocycles. The van der Waals surface area contributed by atoms with Gasteiger partial charge in [0.15, 0.2) is 11.9 Å². The molecule has 408 valence electrons. The number of aliphatic carboxylic acids is 11. The number of carbonyl (C=O) groups excluding carboxylic acids is 3. The van der Waals surface area contributed by atoms with Gasteiger partial charge in [-0.1, -0.05) is 108 Å². The SMILES string of the molecule is CC(=O)O.CC(=O)OC(C(=O)CCc1ccccc1)c1ccc(C)cc1.Cc1ccc(C(=[N+]=[N-])C(=O)CCc2ccccc2)cc1.O=C(O)C(=O)O.O=C(O)C(=O)O.O=C(O)C(=O)O.O=C(O)C(=O)O.O=C(O)C(=O)O. The van der Waals surface area contributed by atoms with Crippen LogP contribution in [0.5, 0.6) is 0 Å². The summed E-state index contributed by atoms with van der Waals surface area (Å²) >= 11 is 0. The molecule has 28 heteroatoms. The van der Waals surface area contributed by atoms with Crippen molar-refractivity contribution in [3.05, 3.63) is 148 Å². The third-order valence-electron chi connectivity index (χ3n) is 7.55. The first-order chi connectivity index (χ1) is 35.2. The van der Waals surface area contributed by atoms with E-state index in [-0.39, 0.29) is 17.3 Å². The number of hydrogen-bond acceptors (Lipinski definition) is 15. The third kappa shape index (κ3) is 41.1. The molecule has 76 heavy (non-hydrogen) atoms. The second kappa shape index (κ2) is 40.9. The van der Waals surface area contributed by atoms with Crippen LogP contribution in [-0.4, -0.2) is 150 Å². The van der Waals surface area contributed by atoms with Crippen LogP contribution < -0.4 is 0 Å². The fraction of sp³-hybridized carbons (Fsp3) is 0.188. The quantitative estimate of drug-likeness (QED) is 0.0338. The lowest BCUT2D eigenvalue weighted by Gasteiger charge is -2.16. The van der Waals surface area contributed by atoms with Gasteiger partial charge in [-0.15, -0.1) is 0 Å². The maximum absolute atomic E-state index is 12.5. The number of hydrogen-bond donors (Lipinski definition) is 11. The Morgan fingerprint density at radius 1 is 0.434 bits per heavy atom. The van der Waals surface area contributed by atoms with E-state index in [0.717, 1.165) is 34.7 Å². The maximum atomic E-state index is 12.5. The zero-order chi connectivity index (χ0) is 59.7. The fourth-order valence-corrected chi connectivity index (χ4v) is 4.28. The number of carbonyl (C=O) groups is 14. The highest BCUT2D eigenvalue weighted by atomic mass is 16.5. The van der Waals surface area contributed by atoms with Crippen LogP contribution in [0.15, 0.2) is 109 Å². The minimum Gasteiger partial charge on any atom is -0.481 e. The van der Waals surface area contributed by atoms with Crippen molar-refractivity contribution >= 4 is 88.9 Å². The molecule has 0 heterocycles. The van der Waals surface area contributed by atoms with Crippen LogP contribution in [0, 0.1) is 13.8 Å². The number of esters is 1. The van der Waals surface area contributed by atoms with Crippen molar-refractivity contribution in [2.24, 2.45) is 0 Å². The number of rotatable bonds is 11. The second-order valence-electron chi connectivity index (χ2n) is 13.6. The van der Waals surface area contributed by atoms with Crippen molar-refractivity contribution in [3.63, 3.8) is 0 Å². The Bertz CT molecular complexity index is 2460. The molecule has 11 N–H and O–H groups in total. The fourth-order valence-electron chi connectivity index (χ4n) is 4.28. The first kappa shape index (κ1) is 71.8. The number of aryl methyl sites for hydroxylation is 4. The Morgan fingerprint density at radius 3 is 0.974 bits per heavy atom. The molecule has 0 saturated heterocycles. The number of ether oxygens (including phenoxy) is 1. The molecule has 0 aromatic heterocycles. The van der Waals surface area contributed by atoms with E-state index >= 15 is 0 Å². The van der Waals surface area contributed by atoms with E-state index in [1.807, 2.05) is 111 Å². The zero-order valence-electron chi connectivity index (χ0n) is 40.2. The van der Waals surface area contributed by atoms with Gasteiger partial charge in [0.25, 0.3) is 5.97 Å². The molecule has 0 aliphatic rings. The number of nitrogens with zero attached hydrogens (tertiary/aromatic N) is 2. The highest BCUT2D eigenvalue weighted by Crippen LogP contribution is 2.22. The van der Waals surface area contributed by atoms with E-state index in [9.17, 15) is 14.4 Å². The summed E-state index contributed by atoms with van der Waals surface area (Å²) in [6.07, 6.45) is 1.14. The highest BCUT2D eigenvalue weighted by molar-refractivity contribution is 6.43. The Morgan fingerprint density at radius 2 is 0.711 bits per heavy atom. The number of benzene rings is 4. The molecule has 0 aliphatic heterocycles. The molecule has 0 aliphatic carbocycles. The number of ketones is 2. The predicted molar refractivity (Wildman–Crippen MR) is 254 cm³/mol. The van der Waals surface area contributed by atoms with E-state index in [2.05, 4.69) is 4.79 Å². The molecule has 28 nitrogen and oxygen atoms in total. The summed E-state index contributed by atoms with van der Waals surface area (Å²) in [6, 6.07) is 34.5. The molecule has 4 aromatic rings. The minimum atomic E-state index is -1.82. The molecule has 0 saturated carbocycles. The normalized spacial score (nSPS) is 9.21. The van der Waals surface area contributed by atoms with Gasteiger partial charge in [-0.3, -0.25) is 19.2 Å². The van der Waals surface area contributed by atoms with E-state index in [1.165, 1.54) is 6.92 Å². The lowest BCUT2D eigenvalue weighted by atomic mass is 9.99. The maximum Gasteiger partial charge on any atom is 0.414 e. The van der Waals surface area contributed by atoms with E-state index < -0.39 is 77.7 Å². The Balaban J connectivity index is -0.000000432. The number of carboxylic acid groups (broad SMARTS) is 11. The van der Waals surface area contributed by atoms with E-state index in [0.29, 0.717) is 31.2 Å². The summed E-state index contributed by atoms with van der Waals surface area (Å²) in [7, 11) is 0. The largest absolute Gasteiger partial charge is 0.481 e. The van der Waals surface area contributed by atoms with Gasteiger partial charge >= 0.3 is 71.4 Å². The topological polar surface area (TPSA) is 507 Å². The second-order valence-corrected chi connectivity index (χ2v) is 13.6. The third-order valence-corrected chi connectivity index (χ3v) is 7.55. The van der Waals surface area contributed by atoms with E-state index in [1.54, 1.807) is 12.1 Å². The van der Waals surface area contributed by atoms with Crippen LogP contribution in [0.1, 0.15) is 66.2 Å². The molecule has 0 amide bonds. The zero-order valence-corrected chi connectivity index (χ0v) is 40.2. The molecule has 4 rings (SSSR count). The first-order valence-corrected chi connectivity index (χ1v) is 20.4. The van der Waals surface area contributed by atoms with Gasteiger partial charge in [-0.25, -0.2) is 47.9 Å². The summed E-state index contributed by atoms with van der Waals surface area (Å²) in [6.45, 7) is 6.35. The lowest BCUT2D eigenvalue weighted by molar-refractivity contribution is -0.159. The van der Waals surface area contributed by atoms with Gasteiger partial charge < -0.3 is 66.4 Å². The van der Waals surface area contributed by atoms with Crippen molar-refractivity contribution in [1.82, 2.24) is 0 Å². The highest BCUT2D eigenvalue weighted by Gasteiger charge is 2.24. The van der Waals surface area contributed by atoms with Crippen molar-refractivity contribution in [2.45, 2.75) is 59.5 Å². The standard InChI is InChI=1S/C19H20O3.C17H16N2O.5C2H2O4.C2H4O2/c1-14-8-11-17(12-9-14)19(22-15(2)20)18(21)13-10-16-6-4-3-5-7-16;1-13-7-10-15(11-8-13)17(19-18)16(20)12-9-14-5-3-2-4-6-14;5*3-1(4)2(5)6;1-2(3)4/h3-9,11-12,19H,10,13H2,1-2H3;2-8,10-11H,9,12H2,1H3;5*(H,3,4)(H,5,6);1H3,(H,3,4). The summed E-state index contributed by atoms with van der Waals surface area (Å²) < 4.78 is 5.24. The number of Topliss-reactive ketones (excluding diaryl/α,β-unsaturated/α-hetero) is 2. The van der Waals surface area contributed by atoms with Gasteiger partial charge in [-0.2, -0.15) is 4.79 Å². The molecule has 0 radical (unpaired) electrons. The van der Waals surface area contributed by atoms with Crippen molar-refractivity contribution in [3.8, 4) is 0 Å². The molecule has 0 bridgehead atoms. The van der Waals surface area contributed by atoms with Gasteiger partial charge in [0.2, 0.25) is 5.78 Å². The van der Waals surface area contributed by atoms with Crippen LogP contribution in [0.2, 0.25) is 0 Å². The molecule has 1 unspecified atom stereocenters. The Kier molecular flexibility index (Phi) is 38.6. The monoisotopic (exact) mass is 1070 g/mol. The molecule has 1 atom stereocenters. The Hall–Kier alpha value is -10.8. The number of carboxylic acids is 11. The van der Waals surface area contributed by atoms with Gasteiger partial charge in [0.05, 0.1) is 5.56 Å². The molecular formula is C48H50N2O26. The summed E-state index contributed by atoms with van der Waals surface area (Å²) in [5, 5.41) is 81.3. The van der Waals surface area contributed by atoms with E-state index in [4.69, 9.17) is 119 Å². The van der Waals surface area contributed by atoms with Crippen LogP contribution in [-0.2, 0) is 84.7 Å². The van der Waals surface area contributed by atoms with Crippen LogP contribution in [0.3, 0.4) is 0 Å². The molecule has 0 spiro atoms. The predicted octanol–water partition coefficient (Wildman–Crippen LogP) is 2.89. The van der Waals surface area contributed by atoms with Crippen LogP contribution in [0.25, 0.3) is 5.53 Å². The Labute approximate surface area is 428 Å². The van der Waals surface area contributed by atoms with Crippen molar-refractivity contribution in [1.29, 1.82) is 0 Å². The molecule has 0 fully saturated rings. The lowest BCUT2D eigenvalue weighted by Crippen LogP contribution is -2.19. The van der Waals surface area contributed by atoms with Crippen LogP contribution >= 0.6 is 0 Å². The van der Waals surface area contributed by atoms with Gasteiger partial charge in [0.1, 0.15) is 0 Å². The first-order valence-electron chi connectivity index (χ1n) is 20.4. The van der Waals surface area contributed by atoms with Crippen LogP contribution in [0.4, 0.5) is 0 Å². The smallest absolute Gasteiger partial charge is 0.414 e. The van der Waals surface area contributed by atoms with Gasteiger partial charge in [-0.05, 0) is 55.5 Å². The van der Waals surface area contributed by atoms with Gasteiger partial charge in [0, 0.05) is 26.7 Å². The average Bonchev–Trinajstić information content (AvgIpc) is 3.34.